The van der Waals surface area contributed by atoms with E-state index in [0.29, 0.717) is 12.5 Å². The van der Waals surface area contributed by atoms with Crippen LogP contribution in [0.4, 0.5) is 17.6 Å². The lowest BCUT2D eigenvalue weighted by molar-refractivity contribution is -0.140. The number of ketones is 1. The maximum atomic E-state index is 13.0. The molecule has 1 saturated heterocycles. The van der Waals surface area contributed by atoms with Crippen LogP contribution in [-0.4, -0.2) is 18.4 Å². The zero-order chi connectivity index (χ0) is 13.3. The van der Waals surface area contributed by atoms with Crippen molar-refractivity contribution in [1.29, 1.82) is 0 Å². The molecule has 1 aromatic carbocycles. The molecular formula is C12H11F4NO. The van der Waals surface area contributed by atoms with Gasteiger partial charge in [0.1, 0.15) is 5.82 Å². The smallest absolute Gasteiger partial charge is 0.307 e. The van der Waals surface area contributed by atoms with Crippen LogP contribution in [0.2, 0.25) is 0 Å². The highest BCUT2D eigenvalue weighted by molar-refractivity contribution is 5.86. The Labute approximate surface area is 101 Å². The van der Waals surface area contributed by atoms with E-state index in [1.807, 2.05) is 0 Å². The van der Waals surface area contributed by atoms with Gasteiger partial charge < -0.3 is 5.32 Å². The SMILES string of the molecule is O=C(Cc1ccc(F)c(C(F)(F)F)c1)[C@@H]1CCN1. The first-order valence-electron chi connectivity index (χ1n) is 5.49. The number of halogens is 4. The van der Waals surface area contributed by atoms with E-state index in [4.69, 9.17) is 0 Å². The maximum Gasteiger partial charge on any atom is 0.419 e. The van der Waals surface area contributed by atoms with E-state index in [-0.39, 0.29) is 23.8 Å². The predicted octanol–water partition coefficient (Wildman–Crippen LogP) is 2.32. The summed E-state index contributed by atoms with van der Waals surface area (Å²) in [5.41, 5.74) is -1.14. The fraction of sp³-hybridized carbons (Fsp3) is 0.417. The van der Waals surface area contributed by atoms with Gasteiger partial charge in [-0.15, -0.1) is 0 Å². The molecule has 0 unspecified atom stereocenters. The molecular weight excluding hydrogens is 250 g/mol. The summed E-state index contributed by atoms with van der Waals surface area (Å²) in [6.07, 6.45) is -4.15. The number of hydrogen-bond donors (Lipinski definition) is 1. The lowest BCUT2D eigenvalue weighted by Crippen LogP contribution is -2.49. The highest BCUT2D eigenvalue weighted by atomic mass is 19.4. The van der Waals surface area contributed by atoms with Gasteiger partial charge in [0, 0.05) is 6.42 Å². The van der Waals surface area contributed by atoms with Crippen molar-refractivity contribution < 1.29 is 22.4 Å². The van der Waals surface area contributed by atoms with Gasteiger partial charge in [0.2, 0.25) is 0 Å². The first-order valence-corrected chi connectivity index (χ1v) is 5.49. The number of hydrogen-bond acceptors (Lipinski definition) is 2. The van der Waals surface area contributed by atoms with Crippen molar-refractivity contribution in [3.05, 3.63) is 35.1 Å². The van der Waals surface area contributed by atoms with E-state index >= 15 is 0 Å². The quantitative estimate of drug-likeness (QED) is 0.846. The van der Waals surface area contributed by atoms with Crippen molar-refractivity contribution in [2.45, 2.75) is 25.1 Å². The number of benzene rings is 1. The van der Waals surface area contributed by atoms with Crippen molar-refractivity contribution in [2.75, 3.05) is 6.54 Å². The molecule has 0 spiro atoms. The predicted molar refractivity (Wildman–Crippen MR) is 56.5 cm³/mol. The van der Waals surface area contributed by atoms with Crippen molar-refractivity contribution in [3.63, 3.8) is 0 Å². The number of alkyl halides is 3. The zero-order valence-electron chi connectivity index (χ0n) is 9.35. The summed E-state index contributed by atoms with van der Waals surface area (Å²) in [4.78, 5) is 11.6. The lowest BCUT2D eigenvalue weighted by Gasteiger charge is -2.26. The molecule has 98 valence electrons. The van der Waals surface area contributed by atoms with Crippen LogP contribution in [-0.2, 0) is 17.4 Å². The molecule has 0 aliphatic carbocycles. The minimum atomic E-state index is -4.74. The molecule has 6 heteroatoms. The fourth-order valence-electron chi connectivity index (χ4n) is 1.79. The summed E-state index contributed by atoms with van der Waals surface area (Å²) < 4.78 is 50.4. The Morgan fingerprint density at radius 1 is 1.39 bits per heavy atom. The Kier molecular flexibility index (Phi) is 3.38. The highest BCUT2D eigenvalue weighted by Gasteiger charge is 2.34. The Hall–Kier alpha value is -1.43. The van der Waals surface area contributed by atoms with Gasteiger partial charge in [0.05, 0.1) is 11.6 Å². The van der Waals surface area contributed by atoms with Crippen LogP contribution >= 0.6 is 0 Å². The molecule has 0 aromatic heterocycles. The van der Waals surface area contributed by atoms with Gasteiger partial charge in [0.25, 0.3) is 0 Å². The molecule has 0 saturated carbocycles. The third kappa shape index (κ3) is 2.69. The zero-order valence-corrected chi connectivity index (χ0v) is 9.35. The summed E-state index contributed by atoms with van der Waals surface area (Å²) in [7, 11) is 0. The molecule has 0 bridgehead atoms. The molecule has 2 rings (SSSR count). The minimum Gasteiger partial charge on any atom is -0.307 e. The van der Waals surface area contributed by atoms with E-state index in [1.165, 1.54) is 6.07 Å². The van der Waals surface area contributed by atoms with Gasteiger partial charge in [-0.3, -0.25) is 4.79 Å². The highest BCUT2D eigenvalue weighted by Crippen LogP contribution is 2.32. The normalized spacial score (nSPS) is 19.4. The van der Waals surface area contributed by atoms with Crippen LogP contribution in [0.3, 0.4) is 0 Å². The van der Waals surface area contributed by atoms with Gasteiger partial charge in [0.15, 0.2) is 5.78 Å². The van der Waals surface area contributed by atoms with E-state index in [0.717, 1.165) is 12.6 Å². The first-order chi connectivity index (χ1) is 8.38. The van der Waals surface area contributed by atoms with E-state index in [9.17, 15) is 22.4 Å². The molecule has 2 nitrogen and oxygen atoms in total. The molecule has 1 heterocycles. The number of carbonyl (C=O) groups excluding carboxylic acids is 1. The van der Waals surface area contributed by atoms with Crippen LogP contribution in [0.5, 0.6) is 0 Å². The van der Waals surface area contributed by atoms with Crippen LogP contribution in [0, 0.1) is 5.82 Å². The Bertz CT molecular complexity index is 466. The van der Waals surface area contributed by atoms with E-state index < -0.39 is 17.6 Å². The third-order valence-electron chi connectivity index (χ3n) is 2.93. The van der Waals surface area contributed by atoms with Crippen LogP contribution < -0.4 is 5.32 Å². The summed E-state index contributed by atoms with van der Waals surface area (Å²) in [6.45, 7) is 0.744. The number of rotatable bonds is 3. The van der Waals surface area contributed by atoms with Crippen molar-refractivity contribution in [2.24, 2.45) is 0 Å². The summed E-state index contributed by atoms with van der Waals surface area (Å²) >= 11 is 0. The van der Waals surface area contributed by atoms with Gasteiger partial charge in [-0.1, -0.05) is 6.07 Å². The van der Waals surface area contributed by atoms with Crippen LogP contribution in [0.25, 0.3) is 0 Å². The average Bonchev–Trinajstić information content (AvgIpc) is 2.16. The number of carbonyl (C=O) groups is 1. The second kappa shape index (κ2) is 4.68. The molecule has 1 N–H and O–H groups in total. The molecule has 1 aliphatic heterocycles. The third-order valence-corrected chi connectivity index (χ3v) is 2.93. The minimum absolute atomic E-state index is 0.110. The Balaban J connectivity index is 2.16. The van der Waals surface area contributed by atoms with Crippen molar-refractivity contribution in [1.82, 2.24) is 5.32 Å². The number of nitrogens with one attached hydrogen (secondary N) is 1. The summed E-state index contributed by atoms with van der Waals surface area (Å²) in [5.74, 6) is -1.48. The average molecular weight is 261 g/mol. The molecule has 1 aliphatic rings. The second-order valence-electron chi connectivity index (χ2n) is 4.25. The number of Topliss-reactive ketones (excluding diaryl/α,β-unsaturated/α-hetero) is 1. The van der Waals surface area contributed by atoms with Gasteiger partial charge in [-0.2, -0.15) is 13.2 Å². The maximum absolute atomic E-state index is 13.0. The first kappa shape index (κ1) is 13.0. The molecule has 0 radical (unpaired) electrons. The molecule has 1 fully saturated rings. The molecule has 0 amide bonds. The Morgan fingerprint density at radius 2 is 2.06 bits per heavy atom. The van der Waals surface area contributed by atoms with Crippen LogP contribution in [0.15, 0.2) is 18.2 Å². The second-order valence-corrected chi connectivity index (χ2v) is 4.25. The van der Waals surface area contributed by atoms with E-state index in [2.05, 4.69) is 5.32 Å². The molecule has 1 atom stereocenters. The van der Waals surface area contributed by atoms with Gasteiger partial charge in [-0.05, 0) is 30.7 Å². The van der Waals surface area contributed by atoms with E-state index in [1.54, 1.807) is 0 Å². The largest absolute Gasteiger partial charge is 0.419 e. The molecule has 1 aromatic rings. The van der Waals surface area contributed by atoms with Crippen molar-refractivity contribution >= 4 is 5.78 Å². The summed E-state index contributed by atoms with van der Waals surface area (Å²) in [5, 5.41) is 2.88. The van der Waals surface area contributed by atoms with Crippen molar-refractivity contribution in [3.8, 4) is 0 Å². The summed E-state index contributed by atoms with van der Waals surface area (Å²) in [6, 6.07) is 2.39. The lowest BCUT2D eigenvalue weighted by atomic mass is 9.96. The monoisotopic (exact) mass is 261 g/mol. The Morgan fingerprint density at radius 3 is 2.56 bits per heavy atom. The van der Waals surface area contributed by atoms with Gasteiger partial charge in [-0.25, -0.2) is 4.39 Å². The van der Waals surface area contributed by atoms with Gasteiger partial charge >= 0.3 is 6.18 Å². The topological polar surface area (TPSA) is 29.1 Å². The molecule has 18 heavy (non-hydrogen) atoms. The fourth-order valence-corrected chi connectivity index (χ4v) is 1.79. The standard InChI is InChI=1S/C12H11F4NO/c13-9-2-1-7(5-8(9)12(14,15)16)6-11(18)10-3-4-17-10/h1-2,5,10,17H,3-4,6H2/t10-/m0/s1. The van der Waals surface area contributed by atoms with Crippen LogP contribution in [0.1, 0.15) is 17.5 Å².